The summed E-state index contributed by atoms with van der Waals surface area (Å²) in [4.78, 5) is 26.0. The molecule has 0 aliphatic carbocycles. The van der Waals surface area contributed by atoms with Gasteiger partial charge in [0.15, 0.2) is 0 Å². The summed E-state index contributed by atoms with van der Waals surface area (Å²) in [6.07, 6.45) is 0. The Labute approximate surface area is 164 Å². The molecule has 0 bridgehead atoms. The molecule has 4 N–H and O–H groups in total. The normalized spacial score (nSPS) is 16.2. The highest BCUT2D eigenvalue weighted by molar-refractivity contribution is 5.97. The van der Waals surface area contributed by atoms with Crippen LogP contribution in [0.25, 0.3) is 0 Å². The Morgan fingerprint density at radius 2 is 2.00 bits per heavy atom. The van der Waals surface area contributed by atoms with Gasteiger partial charge in [-0.05, 0) is 24.3 Å². The molecule has 7 nitrogen and oxygen atoms in total. The first-order chi connectivity index (χ1) is 12.6. The number of anilines is 1. The number of hydrogen-bond donors (Lipinski definition) is 3. The van der Waals surface area contributed by atoms with E-state index in [1.54, 1.807) is 31.4 Å². The minimum absolute atomic E-state index is 0. The molecule has 3 rings (SSSR count). The van der Waals surface area contributed by atoms with Gasteiger partial charge in [0.05, 0.1) is 13.2 Å². The highest BCUT2D eigenvalue weighted by Crippen LogP contribution is 2.31. The number of urea groups is 1. The first-order valence-electron chi connectivity index (χ1n) is 8.41. The average molecular weight is 391 g/mol. The lowest BCUT2D eigenvalue weighted by atomic mass is 10.0. The zero-order valence-corrected chi connectivity index (χ0v) is 15.8. The van der Waals surface area contributed by atoms with Gasteiger partial charge in [-0.15, -0.1) is 12.4 Å². The third-order valence-corrected chi connectivity index (χ3v) is 4.38. The van der Waals surface area contributed by atoms with Gasteiger partial charge in [-0.2, -0.15) is 0 Å². The number of rotatable bonds is 4. The number of nitrogens with zero attached hydrogens (tertiary/aromatic N) is 1. The third kappa shape index (κ3) is 4.69. The van der Waals surface area contributed by atoms with Gasteiger partial charge in [0.2, 0.25) is 0 Å². The van der Waals surface area contributed by atoms with Crippen molar-refractivity contribution in [2.75, 3.05) is 32.1 Å². The van der Waals surface area contributed by atoms with E-state index < -0.39 is 6.03 Å². The highest BCUT2D eigenvalue weighted by Gasteiger charge is 2.30. The second-order valence-electron chi connectivity index (χ2n) is 6.03. The molecule has 1 aliphatic heterocycles. The first kappa shape index (κ1) is 20.5. The van der Waals surface area contributed by atoms with Crippen LogP contribution >= 0.6 is 12.4 Å². The Hall–Kier alpha value is -2.77. The Bertz CT molecular complexity index is 815. The van der Waals surface area contributed by atoms with E-state index in [4.69, 9.17) is 10.5 Å². The SMILES string of the molecule is COc1ccccc1C1CNCCN1C(=O)c1cccc(NC(N)=O)c1.Cl. The maximum Gasteiger partial charge on any atom is 0.316 e. The first-order valence-corrected chi connectivity index (χ1v) is 8.41. The number of nitrogens with one attached hydrogen (secondary N) is 2. The van der Waals surface area contributed by atoms with Crippen molar-refractivity contribution in [3.63, 3.8) is 0 Å². The van der Waals surface area contributed by atoms with Crippen LogP contribution in [0.4, 0.5) is 10.5 Å². The largest absolute Gasteiger partial charge is 0.496 e. The maximum absolute atomic E-state index is 13.1. The van der Waals surface area contributed by atoms with E-state index in [1.165, 1.54) is 0 Å². The molecule has 0 saturated carbocycles. The van der Waals surface area contributed by atoms with E-state index in [1.807, 2.05) is 29.2 Å². The Morgan fingerprint density at radius 1 is 1.22 bits per heavy atom. The summed E-state index contributed by atoms with van der Waals surface area (Å²) in [5.41, 5.74) is 7.11. The number of methoxy groups -OCH3 is 1. The fourth-order valence-electron chi connectivity index (χ4n) is 3.21. The van der Waals surface area contributed by atoms with Gasteiger partial charge in [0, 0.05) is 36.4 Å². The van der Waals surface area contributed by atoms with Crippen molar-refractivity contribution in [1.29, 1.82) is 0 Å². The zero-order chi connectivity index (χ0) is 18.5. The number of nitrogens with two attached hydrogens (primary N) is 1. The summed E-state index contributed by atoms with van der Waals surface area (Å²) in [5.74, 6) is 0.652. The summed E-state index contributed by atoms with van der Waals surface area (Å²) in [5, 5.41) is 5.84. The molecule has 8 heteroatoms. The molecular formula is C19H23ClN4O3. The van der Waals surface area contributed by atoms with Crippen molar-refractivity contribution in [1.82, 2.24) is 10.2 Å². The van der Waals surface area contributed by atoms with Crippen LogP contribution in [0, 0.1) is 0 Å². The van der Waals surface area contributed by atoms with Crippen LogP contribution in [0.2, 0.25) is 0 Å². The summed E-state index contributed by atoms with van der Waals surface area (Å²) < 4.78 is 5.47. The lowest BCUT2D eigenvalue weighted by Crippen LogP contribution is -2.48. The van der Waals surface area contributed by atoms with Crippen LogP contribution in [0.3, 0.4) is 0 Å². The summed E-state index contributed by atoms with van der Waals surface area (Å²) >= 11 is 0. The van der Waals surface area contributed by atoms with Crippen molar-refractivity contribution in [3.8, 4) is 5.75 Å². The summed E-state index contributed by atoms with van der Waals surface area (Å²) in [6.45, 7) is 1.94. The number of carbonyl (C=O) groups excluding carboxylic acids is 2. The second-order valence-corrected chi connectivity index (χ2v) is 6.03. The van der Waals surface area contributed by atoms with Gasteiger partial charge in [0.25, 0.3) is 5.91 Å². The minimum Gasteiger partial charge on any atom is -0.496 e. The van der Waals surface area contributed by atoms with E-state index >= 15 is 0 Å². The van der Waals surface area contributed by atoms with E-state index in [9.17, 15) is 9.59 Å². The van der Waals surface area contributed by atoms with Gasteiger partial charge in [-0.25, -0.2) is 4.79 Å². The number of benzene rings is 2. The van der Waals surface area contributed by atoms with Crippen LogP contribution < -0.4 is 21.1 Å². The molecule has 0 spiro atoms. The predicted octanol–water partition coefficient (Wildman–Crippen LogP) is 2.39. The van der Waals surface area contributed by atoms with Crippen LogP contribution in [0.15, 0.2) is 48.5 Å². The lowest BCUT2D eigenvalue weighted by molar-refractivity contribution is 0.0631. The molecule has 1 heterocycles. The van der Waals surface area contributed by atoms with Gasteiger partial charge in [-0.3, -0.25) is 4.79 Å². The Kier molecular flexibility index (Phi) is 7.04. The van der Waals surface area contributed by atoms with E-state index in [0.29, 0.717) is 24.3 Å². The number of primary amides is 1. The molecule has 3 amide bonds. The van der Waals surface area contributed by atoms with E-state index in [0.717, 1.165) is 17.9 Å². The smallest absolute Gasteiger partial charge is 0.316 e. The van der Waals surface area contributed by atoms with Crippen molar-refractivity contribution in [3.05, 3.63) is 59.7 Å². The fourth-order valence-corrected chi connectivity index (χ4v) is 3.21. The number of halogens is 1. The average Bonchev–Trinajstić information content (AvgIpc) is 2.67. The molecule has 0 radical (unpaired) electrons. The monoisotopic (exact) mass is 390 g/mol. The van der Waals surface area contributed by atoms with Gasteiger partial charge >= 0.3 is 6.03 Å². The number of para-hydroxylation sites is 1. The van der Waals surface area contributed by atoms with Gasteiger partial charge in [0.1, 0.15) is 5.75 Å². The van der Waals surface area contributed by atoms with Crippen molar-refractivity contribution < 1.29 is 14.3 Å². The molecular weight excluding hydrogens is 368 g/mol. The fraction of sp³-hybridized carbons (Fsp3) is 0.263. The molecule has 1 aliphatic rings. The standard InChI is InChI=1S/C19H22N4O3.ClH/c1-26-17-8-3-2-7-15(17)16-12-21-9-10-23(16)18(24)13-5-4-6-14(11-13)22-19(20)25;/h2-8,11,16,21H,9-10,12H2,1H3,(H3,20,22,25);1H. The van der Waals surface area contributed by atoms with Crippen molar-refractivity contribution in [2.45, 2.75) is 6.04 Å². The number of ether oxygens (including phenoxy) is 1. The highest BCUT2D eigenvalue weighted by atomic mass is 35.5. The molecule has 0 aromatic heterocycles. The summed E-state index contributed by atoms with van der Waals surface area (Å²) in [6, 6.07) is 13.7. The van der Waals surface area contributed by atoms with Crippen LogP contribution in [-0.4, -0.2) is 43.6 Å². The van der Waals surface area contributed by atoms with E-state index in [2.05, 4.69) is 10.6 Å². The predicted molar refractivity (Wildman–Crippen MR) is 107 cm³/mol. The van der Waals surface area contributed by atoms with E-state index in [-0.39, 0.29) is 24.4 Å². The summed E-state index contributed by atoms with van der Waals surface area (Å²) in [7, 11) is 1.63. The Balaban J connectivity index is 0.00000261. The van der Waals surface area contributed by atoms with Crippen LogP contribution in [0.1, 0.15) is 22.0 Å². The van der Waals surface area contributed by atoms with Gasteiger partial charge < -0.3 is 26.0 Å². The quantitative estimate of drug-likeness (QED) is 0.746. The number of piperazine rings is 1. The zero-order valence-electron chi connectivity index (χ0n) is 15.0. The molecule has 1 saturated heterocycles. The molecule has 2 aromatic carbocycles. The maximum atomic E-state index is 13.1. The van der Waals surface area contributed by atoms with Crippen LogP contribution in [0.5, 0.6) is 5.75 Å². The molecule has 1 unspecified atom stereocenters. The van der Waals surface area contributed by atoms with Gasteiger partial charge in [-0.1, -0.05) is 24.3 Å². The topological polar surface area (TPSA) is 96.7 Å². The lowest BCUT2D eigenvalue weighted by Gasteiger charge is -2.37. The third-order valence-electron chi connectivity index (χ3n) is 4.38. The van der Waals surface area contributed by atoms with Crippen molar-refractivity contribution in [2.24, 2.45) is 5.73 Å². The number of amides is 3. The molecule has 1 atom stereocenters. The number of hydrogen-bond acceptors (Lipinski definition) is 4. The van der Waals surface area contributed by atoms with Crippen molar-refractivity contribution >= 4 is 30.0 Å². The molecule has 2 aromatic rings. The number of carbonyl (C=O) groups is 2. The molecule has 27 heavy (non-hydrogen) atoms. The molecule has 144 valence electrons. The molecule has 1 fully saturated rings. The minimum atomic E-state index is -0.663. The van der Waals surface area contributed by atoms with Crippen LogP contribution in [-0.2, 0) is 0 Å². The second kappa shape index (κ2) is 9.25. The Morgan fingerprint density at radius 3 is 2.74 bits per heavy atom.